The number of aromatic hydroxyl groups is 1. The summed E-state index contributed by atoms with van der Waals surface area (Å²) >= 11 is 0. The first-order chi connectivity index (χ1) is 13.4. The minimum atomic E-state index is -0.810. The number of methoxy groups -OCH3 is 1. The van der Waals surface area contributed by atoms with Crippen LogP contribution in [0.4, 0.5) is 0 Å². The van der Waals surface area contributed by atoms with Gasteiger partial charge in [0.15, 0.2) is 11.5 Å². The molecule has 2 N–H and O–H groups in total. The van der Waals surface area contributed by atoms with Gasteiger partial charge in [-0.25, -0.2) is 0 Å². The number of ether oxygens (including phenoxy) is 2. The summed E-state index contributed by atoms with van der Waals surface area (Å²) < 4.78 is 11.0. The Morgan fingerprint density at radius 2 is 1.86 bits per heavy atom. The van der Waals surface area contributed by atoms with Crippen LogP contribution in [-0.4, -0.2) is 47.5 Å². The number of phenols is 1. The Labute approximate surface area is 167 Å². The van der Waals surface area contributed by atoms with Crippen LogP contribution in [0.3, 0.4) is 0 Å². The number of benzene rings is 2. The molecular formula is C23H31NO4. The third-order valence-electron chi connectivity index (χ3n) is 5.65. The second-order valence-corrected chi connectivity index (χ2v) is 7.89. The summed E-state index contributed by atoms with van der Waals surface area (Å²) in [6.45, 7) is 6.91. The van der Waals surface area contributed by atoms with Gasteiger partial charge in [0.05, 0.1) is 12.7 Å². The van der Waals surface area contributed by atoms with Crippen molar-refractivity contribution in [3.8, 4) is 17.2 Å². The molecular weight excluding hydrogens is 354 g/mol. The Balaban J connectivity index is 1.55. The largest absolute Gasteiger partial charge is 0.504 e. The number of rotatable bonds is 6. The molecule has 0 aliphatic carbocycles. The van der Waals surface area contributed by atoms with Gasteiger partial charge in [-0.05, 0) is 80.6 Å². The van der Waals surface area contributed by atoms with Gasteiger partial charge in [-0.15, -0.1) is 0 Å². The third-order valence-corrected chi connectivity index (χ3v) is 5.65. The number of hydrogen-bond donors (Lipinski definition) is 2. The molecule has 1 heterocycles. The average molecular weight is 386 g/mol. The maximum Gasteiger partial charge on any atom is 0.160 e. The van der Waals surface area contributed by atoms with Crippen LogP contribution < -0.4 is 9.47 Å². The average Bonchev–Trinajstić information content (AvgIpc) is 2.85. The van der Waals surface area contributed by atoms with Gasteiger partial charge in [-0.2, -0.15) is 0 Å². The molecule has 1 saturated heterocycles. The van der Waals surface area contributed by atoms with Crippen molar-refractivity contribution in [1.82, 2.24) is 4.90 Å². The van der Waals surface area contributed by atoms with Gasteiger partial charge in [0.2, 0.25) is 0 Å². The molecule has 5 nitrogen and oxygen atoms in total. The van der Waals surface area contributed by atoms with E-state index in [1.54, 1.807) is 19.2 Å². The summed E-state index contributed by atoms with van der Waals surface area (Å²) in [6, 6.07) is 11.5. The number of phenolic OH excluding ortho intramolecular Hbond substituents is 1. The number of aryl methyl sites for hydroxylation is 2. The zero-order valence-corrected chi connectivity index (χ0v) is 17.1. The smallest absolute Gasteiger partial charge is 0.160 e. The van der Waals surface area contributed by atoms with E-state index in [0.29, 0.717) is 18.8 Å². The highest BCUT2D eigenvalue weighted by Gasteiger charge is 2.31. The lowest BCUT2D eigenvalue weighted by Gasteiger charge is -2.27. The normalized spacial score (nSPS) is 20.6. The summed E-state index contributed by atoms with van der Waals surface area (Å²) in [5, 5.41) is 21.0. The number of likely N-dealkylation sites (tertiary alicyclic amines) is 1. The molecule has 28 heavy (non-hydrogen) atoms. The molecule has 1 fully saturated rings. The van der Waals surface area contributed by atoms with E-state index in [2.05, 4.69) is 18.7 Å². The maximum atomic E-state index is 11.0. The lowest BCUT2D eigenvalue weighted by Crippen LogP contribution is -2.37. The minimum absolute atomic E-state index is 0.160. The molecule has 1 unspecified atom stereocenters. The van der Waals surface area contributed by atoms with E-state index in [1.165, 1.54) is 11.1 Å². The van der Waals surface area contributed by atoms with Crippen LogP contribution >= 0.6 is 0 Å². The fourth-order valence-corrected chi connectivity index (χ4v) is 3.65. The first kappa shape index (κ1) is 20.5. The highest BCUT2D eigenvalue weighted by atomic mass is 16.5. The molecule has 2 aromatic carbocycles. The molecule has 1 aliphatic heterocycles. The SMILES string of the molecule is COc1ccc(CN2CCCC(O)(COc3ccc(C)c(C)c3)CC2)cc1O. The molecule has 3 rings (SSSR count). The molecule has 1 aliphatic rings. The van der Waals surface area contributed by atoms with Crippen LogP contribution in [0.1, 0.15) is 36.0 Å². The van der Waals surface area contributed by atoms with Crippen molar-refractivity contribution in [3.05, 3.63) is 53.1 Å². The van der Waals surface area contributed by atoms with Gasteiger partial charge < -0.3 is 19.7 Å². The summed E-state index contributed by atoms with van der Waals surface area (Å²) in [6.07, 6.45) is 2.30. The number of nitrogens with zero attached hydrogens (tertiary/aromatic N) is 1. The number of aliphatic hydroxyl groups is 1. The van der Waals surface area contributed by atoms with Crippen LogP contribution in [0.25, 0.3) is 0 Å². The first-order valence-electron chi connectivity index (χ1n) is 9.89. The summed E-state index contributed by atoms with van der Waals surface area (Å²) in [5.74, 6) is 1.46. The van der Waals surface area contributed by atoms with Gasteiger partial charge in [-0.3, -0.25) is 4.90 Å². The van der Waals surface area contributed by atoms with Crippen molar-refractivity contribution in [2.45, 2.75) is 45.3 Å². The van der Waals surface area contributed by atoms with Gasteiger partial charge in [-0.1, -0.05) is 12.1 Å². The van der Waals surface area contributed by atoms with Gasteiger partial charge >= 0.3 is 0 Å². The predicted molar refractivity (Wildman–Crippen MR) is 110 cm³/mol. The minimum Gasteiger partial charge on any atom is -0.504 e. The predicted octanol–water partition coefficient (Wildman–Crippen LogP) is 3.81. The lowest BCUT2D eigenvalue weighted by atomic mass is 9.96. The Hall–Kier alpha value is -2.24. The zero-order chi connectivity index (χ0) is 20.1. The van der Waals surface area contributed by atoms with Crippen LogP contribution in [-0.2, 0) is 6.54 Å². The Bertz CT molecular complexity index is 807. The quantitative estimate of drug-likeness (QED) is 0.792. The molecule has 0 bridgehead atoms. The van der Waals surface area contributed by atoms with E-state index in [0.717, 1.165) is 43.8 Å². The highest BCUT2D eigenvalue weighted by molar-refractivity contribution is 5.41. The van der Waals surface area contributed by atoms with Crippen molar-refractivity contribution in [1.29, 1.82) is 0 Å². The topological polar surface area (TPSA) is 62.2 Å². The second kappa shape index (κ2) is 8.84. The maximum absolute atomic E-state index is 11.0. The zero-order valence-electron chi connectivity index (χ0n) is 17.1. The van der Waals surface area contributed by atoms with Crippen molar-refractivity contribution < 1.29 is 19.7 Å². The molecule has 2 aromatic rings. The van der Waals surface area contributed by atoms with E-state index in [1.807, 2.05) is 24.3 Å². The van der Waals surface area contributed by atoms with Gasteiger partial charge in [0.25, 0.3) is 0 Å². The molecule has 0 radical (unpaired) electrons. The van der Waals surface area contributed by atoms with Crippen LogP contribution in [0.15, 0.2) is 36.4 Å². The monoisotopic (exact) mass is 385 g/mol. The van der Waals surface area contributed by atoms with Crippen molar-refractivity contribution in [3.63, 3.8) is 0 Å². The summed E-state index contributed by atoms with van der Waals surface area (Å²) in [4.78, 5) is 2.31. The van der Waals surface area contributed by atoms with Crippen LogP contribution in [0.5, 0.6) is 17.2 Å². The highest BCUT2D eigenvalue weighted by Crippen LogP contribution is 2.29. The van der Waals surface area contributed by atoms with Crippen LogP contribution in [0, 0.1) is 13.8 Å². The summed E-state index contributed by atoms with van der Waals surface area (Å²) in [5.41, 5.74) is 2.66. The van der Waals surface area contributed by atoms with E-state index < -0.39 is 5.60 Å². The standard InChI is InChI=1S/C23H31NO4/c1-17-5-7-20(13-18(17)2)28-16-23(26)9-4-11-24(12-10-23)15-19-6-8-22(27-3)21(25)14-19/h5-8,13-14,25-26H,4,9-12,15-16H2,1-3H3. The first-order valence-corrected chi connectivity index (χ1v) is 9.89. The van der Waals surface area contributed by atoms with Crippen molar-refractivity contribution in [2.24, 2.45) is 0 Å². The second-order valence-electron chi connectivity index (χ2n) is 7.89. The fraction of sp³-hybridized carbons (Fsp3) is 0.478. The van der Waals surface area contributed by atoms with E-state index in [-0.39, 0.29) is 5.75 Å². The Kier molecular flexibility index (Phi) is 6.47. The van der Waals surface area contributed by atoms with E-state index in [4.69, 9.17) is 9.47 Å². The lowest BCUT2D eigenvalue weighted by molar-refractivity contribution is -0.0168. The molecule has 152 valence electrons. The van der Waals surface area contributed by atoms with E-state index >= 15 is 0 Å². The summed E-state index contributed by atoms with van der Waals surface area (Å²) in [7, 11) is 1.55. The van der Waals surface area contributed by atoms with Gasteiger partial charge in [0, 0.05) is 13.1 Å². The molecule has 1 atom stereocenters. The fourth-order valence-electron chi connectivity index (χ4n) is 3.65. The number of hydrogen-bond acceptors (Lipinski definition) is 5. The molecule has 5 heteroatoms. The van der Waals surface area contributed by atoms with E-state index in [9.17, 15) is 10.2 Å². The van der Waals surface area contributed by atoms with Crippen molar-refractivity contribution in [2.75, 3.05) is 26.8 Å². The molecule has 0 spiro atoms. The molecule has 0 amide bonds. The Morgan fingerprint density at radius 1 is 1.04 bits per heavy atom. The third kappa shape index (κ3) is 5.18. The molecule has 0 aromatic heterocycles. The van der Waals surface area contributed by atoms with Gasteiger partial charge in [0.1, 0.15) is 12.4 Å². The van der Waals surface area contributed by atoms with Crippen molar-refractivity contribution >= 4 is 0 Å². The molecule has 0 saturated carbocycles. The van der Waals surface area contributed by atoms with Crippen LogP contribution in [0.2, 0.25) is 0 Å². The Morgan fingerprint density at radius 3 is 2.57 bits per heavy atom.